The van der Waals surface area contributed by atoms with Gasteiger partial charge in [0.15, 0.2) is 0 Å². The Kier molecular flexibility index (Phi) is 3.20. The zero-order chi connectivity index (χ0) is 13.1. The molecule has 0 unspecified atom stereocenters. The normalized spacial score (nSPS) is 13.7. The summed E-state index contributed by atoms with van der Waals surface area (Å²) >= 11 is 0. The standard InChI is InChI=1S/C14H14N4O/c19-13(18-14-16-6-2-7-17-14)12-4-1-3-10-9-15-8-5-11(10)12/h1-4,6-7,15H,5,8-9H2,(H,16,17,18,19). The molecule has 19 heavy (non-hydrogen) atoms. The van der Waals surface area contributed by atoms with Crippen LogP contribution in [0.3, 0.4) is 0 Å². The van der Waals surface area contributed by atoms with Gasteiger partial charge in [-0.3, -0.25) is 10.1 Å². The van der Waals surface area contributed by atoms with Crippen LogP contribution in [0.25, 0.3) is 0 Å². The minimum absolute atomic E-state index is 0.148. The maximum atomic E-state index is 12.3. The highest BCUT2D eigenvalue weighted by molar-refractivity contribution is 6.04. The number of nitrogens with zero attached hydrogens (tertiary/aromatic N) is 2. The molecule has 2 aromatic rings. The van der Waals surface area contributed by atoms with Gasteiger partial charge in [-0.05, 0) is 36.2 Å². The van der Waals surface area contributed by atoms with E-state index >= 15 is 0 Å². The molecule has 2 heterocycles. The van der Waals surface area contributed by atoms with Gasteiger partial charge >= 0.3 is 0 Å². The average molecular weight is 254 g/mol. The molecule has 0 saturated heterocycles. The number of rotatable bonds is 2. The van der Waals surface area contributed by atoms with Gasteiger partial charge in [-0.2, -0.15) is 0 Å². The first-order valence-electron chi connectivity index (χ1n) is 6.24. The van der Waals surface area contributed by atoms with E-state index < -0.39 is 0 Å². The second-order valence-corrected chi connectivity index (χ2v) is 4.40. The molecule has 0 fully saturated rings. The van der Waals surface area contributed by atoms with Crippen LogP contribution < -0.4 is 10.6 Å². The minimum atomic E-state index is -0.148. The summed E-state index contributed by atoms with van der Waals surface area (Å²) in [6.45, 7) is 1.72. The Hall–Kier alpha value is -2.27. The molecule has 1 aliphatic rings. The van der Waals surface area contributed by atoms with Gasteiger partial charge in [0.05, 0.1) is 0 Å². The number of nitrogens with one attached hydrogen (secondary N) is 2. The number of anilines is 1. The topological polar surface area (TPSA) is 66.9 Å². The quantitative estimate of drug-likeness (QED) is 0.849. The van der Waals surface area contributed by atoms with Crippen LogP contribution in [0.5, 0.6) is 0 Å². The molecule has 0 bridgehead atoms. The Labute approximate surface area is 111 Å². The van der Waals surface area contributed by atoms with Crippen LogP contribution >= 0.6 is 0 Å². The van der Waals surface area contributed by atoms with Crippen molar-refractivity contribution in [3.8, 4) is 0 Å². The molecule has 0 radical (unpaired) electrons. The molecule has 5 heteroatoms. The lowest BCUT2D eigenvalue weighted by Crippen LogP contribution is -2.26. The Morgan fingerprint density at radius 2 is 2.05 bits per heavy atom. The summed E-state index contributed by atoms with van der Waals surface area (Å²) in [7, 11) is 0. The van der Waals surface area contributed by atoms with E-state index in [9.17, 15) is 4.79 Å². The number of amides is 1. The van der Waals surface area contributed by atoms with Crippen molar-refractivity contribution < 1.29 is 4.79 Å². The lowest BCUT2D eigenvalue weighted by molar-refractivity contribution is 0.102. The molecule has 1 amide bonds. The number of aromatic nitrogens is 2. The fourth-order valence-electron chi connectivity index (χ4n) is 2.28. The first kappa shape index (κ1) is 11.8. The van der Waals surface area contributed by atoms with Crippen molar-refractivity contribution >= 4 is 11.9 Å². The van der Waals surface area contributed by atoms with E-state index in [2.05, 4.69) is 26.7 Å². The molecule has 0 saturated carbocycles. The van der Waals surface area contributed by atoms with Crippen molar-refractivity contribution in [3.63, 3.8) is 0 Å². The number of benzene rings is 1. The van der Waals surface area contributed by atoms with Crippen molar-refractivity contribution in [1.82, 2.24) is 15.3 Å². The van der Waals surface area contributed by atoms with Gasteiger partial charge in [-0.15, -0.1) is 0 Å². The molecule has 2 N–H and O–H groups in total. The van der Waals surface area contributed by atoms with Gasteiger partial charge in [0.1, 0.15) is 0 Å². The summed E-state index contributed by atoms with van der Waals surface area (Å²) in [5.74, 6) is 0.184. The molecular weight excluding hydrogens is 240 g/mol. The van der Waals surface area contributed by atoms with Gasteiger partial charge in [-0.1, -0.05) is 12.1 Å². The molecule has 0 atom stereocenters. The molecule has 1 aliphatic heterocycles. The predicted octanol–water partition coefficient (Wildman–Crippen LogP) is 1.37. The summed E-state index contributed by atoms with van der Waals surface area (Å²) < 4.78 is 0. The van der Waals surface area contributed by atoms with E-state index in [0.29, 0.717) is 11.5 Å². The molecule has 1 aromatic carbocycles. The zero-order valence-corrected chi connectivity index (χ0v) is 10.4. The lowest BCUT2D eigenvalue weighted by atomic mass is 9.95. The van der Waals surface area contributed by atoms with E-state index in [-0.39, 0.29) is 5.91 Å². The van der Waals surface area contributed by atoms with Crippen LogP contribution in [0.15, 0.2) is 36.7 Å². The van der Waals surface area contributed by atoms with Crippen LogP contribution in [0.4, 0.5) is 5.95 Å². The van der Waals surface area contributed by atoms with Crippen LogP contribution in [0.2, 0.25) is 0 Å². The Morgan fingerprint density at radius 3 is 2.89 bits per heavy atom. The molecule has 1 aromatic heterocycles. The molecule has 96 valence electrons. The fraction of sp³-hybridized carbons (Fsp3) is 0.214. The van der Waals surface area contributed by atoms with Crippen molar-refractivity contribution in [3.05, 3.63) is 53.3 Å². The van der Waals surface area contributed by atoms with Crippen LogP contribution in [0, 0.1) is 0 Å². The first-order chi connectivity index (χ1) is 9.34. The maximum absolute atomic E-state index is 12.3. The average Bonchev–Trinajstić information content (AvgIpc) is 2.47. The van der Waals surface area contributed by atoms with E-state index in [0.717, 1.165) is 25.1 Å². The summed E-state index contributed by atoms with van der Waals surface area (Å²) in [6, 6.07) is 7.53. The van der Waals surface area contributed by atoms with Gasteiger partial charge in [0, 0.05) is 24.5 Å². The van der Waals surface area contributed by atoms with Gasteiger partial charge < -0.3 is 5.32 Å². The minimum Gasteiger partial charge on any atom is -0.312 e. The third-order valence-electron chi connectivity index (χ3n) is 3.18. The number of fused-ring (bicyclic) bond motifs is 1. The molecular formula is C14H14N4O. The number of carbonyl (C=O) groups is 1. The third-order valence-corrected chi connectivity index (χ3v) is 3.18. The highest BCUT2D eigenvalue weighted by atomic mass is 16.1. The Bertz CT molecular complexity index is 598. The van der Waals surface area contributed by atoms with Gasteiger partial charge in [0.2, 0.25) is 5.95 Å². The number of carbonyl (C=O) groups excluding carboxylic acids is 1. The highest BCUT2D eigenvalue weighted by Gasteiger charge is 2.17. The SMILES string of the molecule is O=C(Nc1ncccn1)c1cccc2c1CCNC2. The monoisotopic (exact) mass is 254 g/mol. The van der Waals surface area contributed by atoms with E-state index in [1.807, 2.05) is 12.1 Å². The number of hydrogen-bond donors (Lipinski definition) is 2. The van der Waals surface area contributed by atoms with E-state index in [4.69, 9.17) is 0 Å². The summed E-state index contributed by atoms with van der Waals surface area (Å²) in [4.78, 5) is 20.3. The van der Waals surface area contributed by atoms with Crippen molar-refractivity contribution in [2.24, 2.45) is 0 Å². The molecule has 5 nitrogen and oxygen atoms in total. The lowest BCUT2D eigenvalue weighted by Gasteiger charge is -2.19. The number of hydrogen-bond acceptors (Lipinski definition) is 4. The Morgan fingerprint density at radius 1 is 1.21 bits per heavy atom. The van der Waals surface area contributed by atoms with Crippen LogP contribution in [-0.2, 0) is 13.0 Å². The molecule has 0 spiro atoms. The van der Waals surface area contributed by atoms with Gasteiger partial charge in [-0.25, -0.2) is 9.97 Å². The van der Waals surface area contributed by atoms with Crippen LogP contribution in [0.1, 0.15) is 21.5 Å². The first-order valence-corrected chi connectivity index (χ1v) is 6.24. The molecule has 0 aliphatic carbocycles. The highest BCUT2D eigenvalue weighted by Crippen LogP contribution is 2.19. The zero-order valence-electron chi connectivity index (χ0n) is 10.4. The van der Waals surface area contributed by atoms with E-state index in [1.54, 1.807) is 18.5 Å². The smallest absolute Gasteiger partial charge is 0.258 e. The van der Waals surface area contributed by atoms with Crippen molar-refractivity contribution in [2.45, 2.75) is 13.0 Å². The predicted molar refractivity (Wildman–Crippen MR) is 71.8 cm³/mol. The second kappa shape index (κ2) is 5.16. The van der Waals surface area contributed by atoms with Crippen molar-refractivity contribution in [2.75, 3.05) is 11.9 Å². The van der Waals surface area contributed by atoms with Gasteiger partial charge in [0.25, 0.3) is 5.91 Å². The summed E-state index contributed by atoms with van der Waals surface area (Å²) in [6.07, 6.45) is 4.08. The largest absolute Gasteiger partial charge is 0.312 e. The van der Waals surface area contributed by atoms with E-state index in [1.165, 1.54) is 5.56 Å². The summed E-state index contributed by atoms with van der Waals surface area (Å²) in [5, 5.41) is 6.03. The molecule has 3 rings (SSSR count). The Balaban J connectivity index is 1.88. The van der Waals surface area contributed by atoms with Crippen molar-refractivity contribution in [1.29, 1.82) is 0 Å². The third kappa shape index (κ3) is 2.46. The second-order valence-electron chi connectivity index (χ2n) is 4.40. The van der Waals surface area contributed by atoms with Crippen LogP contribution in [-0.4, -0.2) is 22.4 Å². The maximum Gasteiger partial charge on any atom is 0.258 e. The fourth-order valence-corrected chi connectivity index (χ4v) is 2.28. The summed E-state index contributed by atoms with van der Waals surface area (Å²) in [5.41, 5.74) is 3.02.